The first-order chi connectivity index (χ1) is 12.6. The molecule has 0 radical (unpaired) electrons. The van der Waals surface area contributed by atoms with Gasteiger partial charge in [-0.05, 0) is 30.7 Å². The van der Waals surface area contributed by atoms with Crippen LogP contribution in [-0.2, 0) is 0 Å². The Kier molecular flexibility index (Phi) is 4.00. The van der Waals surface area contributed by atoms with Gasteiger partial charge in [0.25, 0.3) is 5.91 Å². The quantitative estimate of drug-likeness (QED) is 0.447. The summed E-state index contributed by atoms with van der Waals surface area (Å²) in [5, 5.41) is 25.0. The Labute approximate surface area is 150 Å². The summed E-state index contributed by atoms with van der Waals surface area (Å²) in [7, 11) is 0. The van der Waals surface area contributed by atoms with E-state index >= 15 is 0 Å². The molecule has 0 fully saturated rings. The lowest BCUT2D eigenvalue weighted by Gasteiger charge is -2.42. The molecule has 2 unspecified atom stereocenters. The molecule has 0 saturated carbocycles. The van der Waals surface area contributed by atoms with E-state index in [0.717, 1.165) is 16.8 Å². The molecule has 134 valence electrons. The van der Waals surface area contributed by atoms with Crippen LogP contribution in [0, 0.1) is 0 Å². The number of carbonyl (C=O) groups is 1. The Hall–Kier alpha value is -3.06. The summed E-state index contributed by atoms with van der Waals surface area (Å²) >= 11 is 0. The predicted octanol–water partition coefficient (Wildman–Crippen LogP) is 2.23. The number of aliphatic hydroxyl groups is 1. The number of hydrogen-bond acceptors (Lipinski definition) is 6. The van der Waals surface area contributed by atoms with Crippen molar-refractivity contribution in [1.82, 2.24) is 5.32 Å². The van der Waals surface area contributed by atoms with Gasteiger partial charge in [0.2, 0.25) is 0 Å². The van der Waals surface area contributed by atoms with Crippen LogP contribution in [0.4, 0.5) is 5.69 Å². The van der Waals surface area contributed by atoms with Gasteiger partial charge in [0.15, 0.2) is 6.29 Å². The first-order valence-electron chi connectivity index (χ1n) is 8.45. The van der Waals surface area contributed by atoms with Gasteiger partial charge in [-0.3, -0.25) is 4.79 Å². The van der Waals surface area contributed by atoms with Crippen molar-refractivity contribution in [3.8, 4) is 5.75 Å². The van der Waals surface area contributed by atoms with E-state index in [2.05, 4.69) is 15.4 Å². The van der Waals surface area contributed by atoms with E-state index in [1.165, 1.54) is 0 Å². The van der Waals surface area contributed by atoms with Crippen molar-refractivity contribution in [2.24, 2.45) is 5.16 Å². The standard InChI is InChI=1S/C19H19N3O4/c1-11(23)26-13-7-5-12(6-8-13)18-20-19(24)15-4-2-3-14-16(21-25)9-10-22(18)17(14)15/h2-8,11,18,23,25H,9-10H2,1H3,(H,20,24)/b21-16+. The van der Waals surface area contributed by atoms with E-state index in [1.807, 2.05) is 18.2 Å². The number of ether oxygens (including phenoxy) is 1. The normalized spacial score (nSPS) is 21.2. The molecule has 1 amide bonds. The van der Waals surface area contributed by atoms with Crippen LogP contribution >= 0.6 is 0 Å². The minimum Gasteiger partial charge on any atom is -0.465 e. The smallest absolute Gasteiger partial charge is 0.255 e. The van der Waals surface area contributed by atoms with Crippen molar-refractivity contribution in [1.29, 1.82) is 0 Å². The number of amides is 1. The molecule has 2 aromatic rings. The van der Waals surface area contributed by atoms with Gasteiger partial charge in [0.1, 0.15) is 11.9 Å². The van der Waals surface area contributed by atoms with Crippen LogP contribution in [0.3, 0.4) is 0 Å². The van der Waals surface area contributed by atoms with Crippen LogP contribution in [0.5, 0.6) is 5.75 Å². The number of hydrogen-bond donors (Lipinski definition) is 3. The van der Waals surface area contributed by atoms with Gasteiger partial charge >= 0.3 is 0 Å². The molecule has 0 aromatic heterocycles. The van der Waals surface area contributed by atoms with Crippen molar-refractivity contribution in [3.05, 3.63) is 59.2 Å². The maximum Gasteiger partial charge on any atom is 0.255 e. The summed E-state index contributed by atoms with van der Waals surface area (Å²) in [6.07, 6.45) is -0.623. The van der Waals surface area contributed by atoms with E-state index in [0.29, 0.717) is 30.0 Å². The molecule has 7 heteroatoms. The summed E-state index contributed by atoms with van der Waals surface area (Å²) in [6, 6.07) is 12.7. The van der Waals surface area contributed by atoms with Gasteiger partial charge in [-0.1, -0.05) is 29.4 Å². The van der Waals surface area contributed by atoms with E-state index in [1.54, 1.807) is 31.2 Å². The third-order valence-corrected chi connectivity index (χ3v) is 4.67. The Morgan fingerprint density at radius 3 is 2.65 bits per heavy atom. The zero-order valence-corrected chi connectivity index (χ0v) is 14.2. The average Bonchev–Trinajstić information content (AvgIpc) is 2.64. The van der Waals surface area contributed by atoms with Crippen molar-refractivity contribution in [2.75, 3.05) is 11.4 Å². The monoisotopic (exact) mass is 353 g/mol. The van der Waals surface area contributed by atoms with E-state index in [4.69, 9.17) is 4.74 Å². The third kappa shape index (κ3) is 2.66. The lowest BCUT2D eigenvalue weighted by Crippen LogP contribution is -2.49. The van der Waals surface area contributed by atoms with Crippen LogP contribution in [0.2, 0.25) is 0 Å². The maximum absolute atomic E-state index is 12.6. The van der Waals surface area contributed by atoms with Crippen molar-refractivity contribution in [3.63, 3.8) is 0 Å². The molecule has 2 aliphatic rings. The number of rotatable bonds is 3. The lowest BCUT2D eigenvalue weighted by atomic mass is 9.92. The number of nitrogens with one attached hydrogen (secondary N) is 1. The third-order valence-electron chi connectivity index (χ3n) is 4.67. The highest BCUT2D eigenvalue weighted by Crippen LogP contribution is 2.39. The van der Waals surface area contributed by atoms with Crippen LogP contribution in [0.15, 0.2) is 47.6 Å². The first kappa shape index (κ1) is 16.4. The second-order valence-electron chi connectivity index (χ2n) is 6.35. The number of aliphatic hydroxyl groups excluding tert-OH is 1. The topological polar surface area (TPSA) is 94.4 Å². The Bertz CT molecular complexity index is 877. The number of benzene rings is 2. The molecule has 0 aliphatic carbocycles. The number of carbonyl (C=O) groups excluding carboxylic acids is 1. The van der Waals surface area contributed by atoms with E-state index in [9.17, 15) is 15.1 Å². The molecule has 0 saturated heterocycles. The number of para-hydroxylation sites is 1. The highest BCUT2D eigenvalue weighted by Gasteiger charge is 2.37. The minimum absolute atomic E-state index is 0.161. The molecule has 2 atom stereocenters. The number of anilines is 1. The van der Waals surface area contributed by atoms with Crippen LogP contribution in [0.1, 0.15) is 41.0 Å². The summed E-state index contributed by atoms with van der Waals surface area (Å²) in [4.78, 5) is 14.7. The lowest BCUT2D eigenvalue weighted by molar-refractivity contribution is -0.000309. The largest absolute Gasteiger partial charge is 0.465 e. The molecule has 7 nitrogen and oxygen atoms in total. The van der Waals surface area contributed by atoms with Gasteiger partial charge in [-0.25, -0.2) is 0 Å². The summed E-state index contributed by atoms with van der Waals surface area (Å²) in [5.41, 5.74) is 3.65. The number of nitrogens with zero attached hydrogens (tertiary/aromatic N) is 2. The van der Waals surface area contributed by atoms with Crippen molar-refractivity contribution >= 4 is 17.3 Å². The molecule has 2 aliphatic heterocycles. The zero-order valence-electron chi connectivity index (χ0n) is 14.2. The minimum atomic E-state index is -0.886. The molecular weight excluding hydrogens is 334 g/mol. The first-order valence-corrected chi connectivity index (χ1v) is 8.45. The fourth-order valence-corrected chi connectivity index (χ4v) is 3.57. The second-order valence-corrected chi connectivity index (χ2v) is 6.35. The van der Waals surface area contributed by atoms with E-state index in [-0.39, 0.29) is 12.1 Å². The fourth-order valence-electron chi connectivity index (χ4n) is 3.57. The highest BCUT2D eigenvalue weighted by molar-refractivity contribution is 6.13. The van der Waals surface area contributed by atoms with Gasteiger partial charge in [0.05, 0.1) is 17.0 Å². The Morgan fingerprint density at radius 1 is 1.23 bits per heavy atom. The van der Waals surface area contributed by atoms with Gasteiger partial charge in [0, 0.05) is 18.5 Å². The Balaban J connectivity index is 1.74. The molecule has 0 bridgehead atoms. The molecule has 2 heterocycles. The summed E-state index contributed by atoms with van der Waals surface area (Å²) in [6.45, 7) is 2.17. The van der Waals surface area contributed by atoms with Crippen molar-refractivity contribution < 1.29 is 19.8 Å². The summed E-state index contributed by atoms with van der Waals surface area (Å²) < 4.78 is 5.26. The van der Waals surface area contributed by atoms with Crippen LogP contribution in [-0.4, -0.2) is 34.8 Å². The zero-order chi connectivity index (χ0) is 18.3. The predicted molar refractivity (Wildman–Crippen MR) is 95.7 cm³/mol. The van der Waals surface area contributed by atoms with Crippen LogP contribution < -0.4 is 15.0 Å². The second kappa shape index (κ2) is 6.34. The molecule has 3 N–H and O–H groups in total. The Morgan fingerprint density at radius 2 is 1.96 bits per heavy atom. The molecular formula is C19H19N3O4. The van der Waals surface area contributed by atoms with Gasteiger partial charge < -0.3 is 25.3 Å². The maximum atomic E-state index is 12.6. The summed E-state index contributed by atoms with van der Waals surface area (Å²) in [5.74, 6) is 0.395. The van der Waals surface area contributed by atoms with Gasteiger partial charge in [-0.2, -0.15) is 0 Å². The van der Waals surface area contributed by atoms with Crippen molar-refractivity contribution in [2.45, 2.75) is 25.8 Å². The van der Waals surface area contributed by atoms with Crippen LogP contribution in [0.25, 0.3) is 0 Å². The molecule has 2 aromatic carbocycles. The number of oxime groups is 1. The molecule has 0 spiro atoms. The molecule has 4 rings (SSSR count). The highest BCUT2D eigenvalue weighted by atomic mass is 16.6. The fraction of sp³-hybridized carbons (Fsp3) is 0.263. The van der Waals surface area contributed by atoms with Gasteiger partial charge in [-0.15, -0.1) is 0 Å². The average molecular weight is 353 g/mol. The molecule has 26 heavy (non-hydrogen) atoms. The SMILES string of the molecule is CC(O)Oc1ccc(C2NC(=O)c3cccc4c3N2CC/C4=N\O)cc1. The van der Waals surface area contributed by atoms with E-state index < -0.39 is 6.29 Å².